The van der Waals surface area contributed by atoms with Crippen LogP contribution in [0.3, 0.4) is 0 Å². The average molecular weight is 264 g/mol. The number of hydrogen-bond acceptors (Lipinski definition) is 3. The van der Waals surface area contributed by atoms with Crippen LogP contribution in [-0.4, -0.2) is 14.5 Å². The summed E-state index contributed by atoms with van der Waals surface area (Å²) in [7, 11) is 2.01. The number of benzene rings is 1. The highest BCUT2D eigenvalue weighted by Crippen LogP contribution is 2.19. The second kappa shape index (κ2) is 5.17. The maximum absolute atomic E-state index is 4.56. The maximum Gasteiger partial charge on any atom is 0.227 e. The second-order valence-electron chi connectivity index (χ2n) is 4.76. The molecule has 100 valence electrons. The van der Waals surface area contributed by atoms with Crippen LogP contribution in [0, 0.1) is 6.92 Å². The monoisotopic (exact) mass is 264 g/mol. The van der Waals surface area contributed by atoms with Crippen molar-refractivity contribution in [1.29, 1.82) is 0 Å². The van der Waals surface area contributed by atoms with Gasteiger partial charge in [-0.1, -0.05) is 12.1 Å². The van der Waals surface area contributed by atoms with Crippen molar-refractivity contribution in [3.05, 3.63) is 60.4 Å². The number of hydrogen-bond donors (Lipinski definition) is 1. The van der Waals surface area contributed by atoms with Crippen molar-refractivity contribution in [3.8, 4) is 11.4 Å². The van der Waals surface area contributed by atoms with Crippen LogP contribution in [0.1, 0.15) is 5.56 Å². The first-order valence-corrected chi connectivity index (χ1v) is 6.51. The van der Waals surface area contributed by atoms with Gasteiger partial charge in [-0.05, 0) is 42.8 Å². The summed E-state index contributed by atoms with van der Waals surface area (Å²) in [5.41, 5.74) is 4.17. The number of aromatic nitrogens is 3. The van der Waals surface area contributed by atoms with Crippen LogP contribution in [0.15, 0.2) is 54.9 Å². The zero-order valence-corrected chi connectivity index (χ0v) is 11.5. The molecule has 0 amide bonds. The first-order valence-electron chi connectivity index (χ1n) is 6.51. The lowest BCUT2D eigenvalue weighted by Crippen LogP contribution is -1.99. The summed E-state index contributed by atoms with van der Waals surface area (Å²) in [4.78, 5) is 8.83. The molecule has 3 rings (SSSR count). The molecule has 4 heteroatoms. The first kappa shape index (κ1) is 12.4. The highest BCUT2D eigenvalue weighted by molar-refractivity contribution is 5.59. The molecule has 0 fully saturated rings. The van der Waals surface area contributed by atoms with Gasteiger partial charge in [0.25, 0.3) is 0 Å². The molecule has 4 nitrogen and oxygen atoms in total. The first-order chi connectivity index (χ1) is 9.72. The molecule has 0 saturated carbocycles. The molecule has 20 heavy (non-hydrogen) atoms. The lowest BCUT2D eigenvalue weighted by molar-refractivity contribution is 0.929. The smallest absolute Gasteiger partial charge is 0.227 e. The molecule has 2 aromatic heterocycles. The standard InChI is InChI=1S/C16H16N4/c1-12-5-3-6-13(11-12)18-16-17-9-8-14(19-16)15-7-4-10-20(15)2/h3-11H,1-2H3,(H,17,18,19). The van der Waals surface area contributed by atoms with Gasteiger partial charge in [0.15, 0.2) is 0 Å². The van der Waals surface area contributed by atoms with E-state index in [0.717, 1.165) is 17.1 Å². The molecule has 2 heterocycles. The van der Waals surface area contributed by atoms with Gasteiger partial charge in [0, 0.05) is 25.1 Å². The van der Waals surface area contributed by atoms with Gasteiger partial charge >= 0.3 is 0 Å². The van der Waals surface area contributed by atoms with Gasteiger partial charge in [0.05, 0.1) is 11.4 Å². The predicted octanol–water partition coefficient (Wildman–Crippen LogP) is 3.53. The number of anilines is 2. The van der Waals surface area contributed by atoms with Gasteiger partial charge in [-0.3, -0.25) is 0 Å². The maximum atomic E-state index is 4.56. The zero-order chi connectivity index (χ0) is 13.9. The Labute approximate surface area is 118 Å². The van der Waals surface area contributed by atoms with E-state index in [1.165, 1.54) is 5.56 Å². The van der Waals surface area contributed by atoms with Crippen LogP contribution in [0.2, 0.25) is 0 Å². The molecule has 1 N–H and O–H groups in total. The van der Waals surface area contributed by atoms with Crippen molar-refractivity contribution in [2.24, 2.45) is 7.05 Å². The van der Waals surface area contributed by atoms with Crippen molar-refractivity contribution >= 4 is 11.6 Å². The molecule has 0 aliphatic carbocycles. The summed E-state index contributed by atoms with van der Waals surface area (Å²) in [6, 6.07) is 14.1. The van der Waals surface area contributed by atoms with E-state index in [1.807, 2.05) is 48.1 Å². The van der Waals surface area contributed by atoms with E-state index in [1.54, 1.807) is 6.20 Å². The Kier molecular flexibility index (Phi) is 3.21. The van der Waals surface area contributed by atoms with Crippen molar-refractivity contribution < 1.29 is 0 Å². The molecule has 0 atom stereocenters. The van der Waals surface area contributed by atoms with Crippen LogP contribution in [0.25, 0.3) is 11.4 Å². The number of nitrogens with one attached hydrogen (secondary N) is 1. The Morgan fingerprint density at radius 3 is 2.75 bits per heavy atom. The van der Waals surface area contributed by atoms with Crippen LogP contribution in [0.5, 0.6) is 0 Å². The molecular weight excluding hydrogens is 248 g/mol. The fraction of sp³-hybridized carbons (Fsp3) is 0.125. The second-order valence-corrected chi connectivity index (χ2v) is 4.76. The predicted molar refractivity (Wildman–Crippen MR) is 80.9 cm³/mol. The van der Waals surface area contributed by atoms with Gasteiger partial charge in [-0.2, -0.15) is 0 Å². The molecule has 0 saturated heterocycles. The van der Waals surface area contributed by atoms with Crippen molar-refractivity contribution in [3.63, 3.8) is 0 Å². The molecule has 0 bridgehead atoms. The molecule has 1 aromatic carbocycles. The van der Waals surface area contributed by atoms with E-state index >= 15 is 0 Å². The minimum atomic E-state index is 0.606. The summed E-state index contributed by atoms with van der Waals surface area (Å²) in [5, 5.41) is 3.24. The lowest BCUT2D eigenvalue weighted by Gasteiger charge is -2.07. The SMILES string of the molecule is Cc1cccc(Nc2nccc(-c3cccn3C)n2)c1. The van der Waals surface area contributed by atoms with Gasteiger partial charge < -0.3 is 9.88 Å². The summed E-state index contributed by atoms with van der Waals surface area (Å²) in [6.07, 6.45) is 3.78. The molecule has 0 aliphatic rings. The van der Waals surface area contributed by atoms with Crippen LogP contribution in [0.4, 0.5) is 11.6 Å². The van der Waals surface area contributed by atoms with Crippen LogP contribution >= 0.6 is 0 Å². The van der Waals surface area contributed by atoms with Gasteiger partial charge in [0.2, 0.25) is 5.95 Å². The number of rotatable bonds is 3. The van der Waals surface area contributed by atoms with E-state index in [0.29, 0.717) is 5.95 Å². The Morgan fingerprint density at radius 2 is 2.00 bits per heavy atom. The minimum Gasteiger partial charge on any atom is -0.349 e. The van der Waals surface area contributed by atoms with Gasteiger partial charge in [-0.15, -0.1) is 0 Å². The van der Waals surface area contributed by atoms with Crippen molar-refractivity contribution in [2.75, 3.05) is 5.32 Å². The lowest BCUT2D eigenvalue weighted by atomic mass is 10.2. The third-order valence-corrected chi connectivity index (χ3v) is 3.14. The van der Waals surface area contributed by atoms with E-state index < -0.39 is 0 Å². The van der Waals surface area contributed by atoms with Crippen LogP contribution < -0.4 is 5.32 Å². The summed E-state index contributed by atoms with van der Waals surface area (Å²) in [5.74, 6) is 0.606. The quantitative estimate of drug-likeness (QED) is 0.787. The van der Waals surface area contributed by atoms with Gasteiger partial charge in [-0.25, -0.2) is 9.97 Å². The highest BCUT2D eigenvalue weighted by atomic mass is 15.1. The number of nitrogens with zero attached hydrogens (tertiary/aromatic N) is 3. The third kappa shape index (κ3) is 2.54. The Balaban J connectivity index is 1.90. The fourth-order valence-corrected chi connectivity index (χ4v) is 2.14. The highest BCUT2D eigenvalue weighted by Gasteiger charge is 2.05. The summed E-state index contributed by atoms with van der Waals surface area (Å²) < 4.78 is 2.04. The van der Waals surface area contributed by atoms with E-state index in [9.17, 15) is 0 Å². The summed E-state index contributed by atoms with van der Waals surface area (Å²) in [6.45, 7) is 2.06. The topological polar surface area (TPSA) is 42.7 Å². The van der Waals surface area contributed by atoms with E-state index in [2.05, 4.69) is 34.3 Å². The van der Waals surface area contributed by atoms with Gasteiger partial charge in [0.1, 0.15) is 0 Å². The molecule has 0 aliphatic heterocycles. The normalized spacial score (nSPS) is 10.5. The molecule has 0 spiro atoms. The van der Waals surface area contributed by atoms with E-state index in [-0.39, 0.29) is 0 Å². The van der Waals surface area contributed by atoms with E-state index in [4.69, 9.17) is 0 Å². The Bertz CT molecular complexity index is 731. The largest absolute Gasteiger partial charge is 0.349 e. The molecule has 3 aromatic rings. The fourth-order valence-electron chi connectivity index (χ4n) is 2.14. The molecule has 0 unspecified atom stereocenters. The Morgan fingerprint density at radius 1 is 1.10 bits per heavy atom. The van der Waals surface area contributed by atoms with Crippen molar-refractivity contribution in [1.82, 2.24) is 14.5 Å². The molecular formula is C16H16N4. The summed E-state index contributed by atoms with van der Waals surface area (Å²) >= 11 is 0. The molecule has 0 radical (unpaired) electrons. The third-order valence-electron chi connectivity index (χ3n) is 3.14. The number of aryl methyl sites for hydroxylation is 2. The minimum absolute atomic E-state index is 0.606. The zero-order valence-electron chi connectivity index (χ0n) is 11.5. The average Bonchev–Trinajstić information content (AvgIpc) is 2.85. The Hall–Kier alpha value is -2.62. The van der Waals surface area contributed by atoms with Crippen LogP contribution in [-0.2, 0) is 7.05 Å². The van der Waals surface area contributed by atoms with Crippen molar-refractivity contribution in [2.45, 2.75) is 6.92 Å².